The van der Waals surface area contributed by atoms with E-state index in [4.69, 9.17) is 0 Å². The quantitative estimate of drug-likeness (QED) is 0.871. The maximum Gasteiger partial charge on any atom is 0.252 e. The Labute approximate surface area is 123 Å². The van der Waals surface area contributed by atoms with E-state index in [9.17, 15) is 14.0 Å². The lowest BCUT2D eigenvalue weighted by atomic mass is 9.94. The van der Waals surface area contributed by atoms with E-state index in [1.165, 1.54) is 23.5 Å². The number of carbonyl (C=O) groups excluding carboxylic acids is 2. The van der Waals surface area contributed by atoms with Crippen LogP contribution >= 0.6 is 0 Å². The summed E-state index contributed by atoms with van der Waals surface area (Å²) in [6, 6.07) is 5.45. The van der Waals surface area contributed by atoms with Crippen LogP contribution in [-0.4, -0.2) is 28.8 Å². The van der Waals surface area contributed by atoms with Gasteiger partial charge in [-0.15, -0.1) is 0 Å². The molecule has 0 bridgehead atoms. The normalized spacial score (nSPS) is 23.7. The number of nitrogens with one attached hydrogen (secondary N) is 1. The van der Waals surface area contributed by atoms with Gasteiger partial charge in [0.05, 0.1) is 6.42 Å². The number of nitrogens with zero attached hydrogens (tertiary/aromatic N) is 1. The molecule has 2 amide bonds. The van der Waals surface area contributed by atoms with E-state index in [0.29, 0.717) is 5.69 Å². The number of hydrogen-bond donors (Lipinski definition) is 1. The average Bonchev–Trinajstić information content (AvgIpc) is 2.74. The summed E-state index contributed by atoms with van der Waals surface area (Å²) < 4.78 is 13.2. The fourth-order valence-electron chi connectivity index (χ4n) is 3.27. The van der Waals surface area contributed by atoms with Crippen molar-refractivity contribution in [2.75, 3.05) is 5.32 Å². The third kappa shape index (κ3) is 2.91. The van der Waals surface area contributed by atoms with E-state index in [-0.39, 0.29) is 30.1 Å². The summed E-state index contributed by atoms with van der Waals surface area (Å²) in [7, 11) is 0. The Balaban J connectivity index is 1.71. The molecule has 1 aromatic carbocycles. The van der Waals surface area contributed by atoms with Gasteiger partial charge in [-0.25, -0.2) is 4.39 Å². The number of anilines is 1. The van der Waals surface area contributed by atoms with Crippen molar-refractivity contribution in [2.45, 2.75) is 50.6 Å². The lowest BCUT2D eigenvalue weighted by Crippen LogP contribution is -2.43. The van der Waals surface area contributed by atoms with Gasteiger partial charge in [0.25, 0.3) is 5.91 Å². The summed E-state index contributed by atoms with van der Waals surface area (Å²) in [5, 5.41) is 2.98. The van der Waals surface area contributed by atoms with Gasteiger partial charge in [0, 0.05) is 11.7 Å². The highest BCUT2D eigenvalue weighted by Crippen LogP contribution is 2.28. The summed E-state index contributed by atoms with van der Waals surface area (Å²) >= 11 is 0. The van der Waals surface area contributed by atoms with Crippen molar-refractivity contribution in [2.24, 2.45) is 0 Å². The van der Waals surface area contributed by atoms with Crippen molar-refractivity contribution in [1.82, 2.24) is 4.90 Å². The second-order valence-corrected chi connectivity index (χ2v) is 5.81. The van der Waals surface area contributed by atoms with Crippen molar-refractivity contribution in [1.29, 1.82) is 0 Å². The molecule has 1 unspecified atom stereocenters. The highest BCUT2D eigenvalue weighted by atomic mass is 19.1. The fraction of sp³-hybridized carbons (Fsp3) is 0.500. The maximum atomic E-state index is 13.2. The molecule has 1 aliphatic carbocycles. The molecule has 1 N–H and O–H groups in total. The van der Waals surface area contributed by atoms with Crippen molar-refractivity contribution >= 4 is 17.5 Å². The van der Waals surface area contributed by atoms with Crippen LogP contribution in [-0.2, 0) is 9.59 Å². The number of likely N-dealkylation sites (tertiary alicyclic amines) is 1. The monoisotopic (exact) mass is 290 g/mol. The molecule has 2 aliphatic rings. The van der Waals surface area contributed by atoms with E-state index in [1.54, 1.807) is 12.1 Å². The van der Waals surface area contributed by atoms with Crippen LogP contribution < -0.4 is 5.32 Å². The Morgan fingerprint density at radius 3 is 2.62 bits per heavy atom. The molecule has 1 saturated heterocycles. The molecule has 1 heterocycles. The highest BCUT2D eigenvalue weighted by Gasteiger charge is 2.42. The standard InChI is InChI=1S/C16H19FN2O2/c17-11-5-4-6-12(9-11)18-14-10-15(20)19(16(14)21)13-7-2-1-3-8-13/h4-6,9,13-14,18H,1-3,7-8,10H2. The van der Waals surface area contributed by atoms with Crippen molar-refractivity contribution in [3.05, 3.63) is 30.1 Å². The molecule has 1 aliphatic heterocycles. The zero-order valence-corrected chi connectivity index (χ0v) is 11.8. The van der Waals surface area contributed by atoms with Crippen molar-refractivity contribution in [3.8, 4) is 0 Å². The molecule has 0 spiro atoms. The van der Waals surface area contributed by atoms with Gasteiger partial charge in [-0.1, -0.05) is 25.3 Å². The number of carbonyl (C=O) groups is 2. The summed E-state index contributed by atoms with van der Waals surface area (Å²) in [5.41, 5.74) is 0.534. The second kappa shape index (κ2) is 5.84. The maximum absolute atomic E-state index is 13.2. The molecule has 1 saturated carbocycles. The number of benzene rings is 1. The van der Waals surface area contributed by atoms with Gasteiger partial charge in [0.15, 0.2) is 0 Å². The first-order valence-electron chi connectivity index (χ1n) is 7.53. The molecular weight excluding hydrogens is 271 g/mol. The zero-order chi connectivity index (χ0) is 14.8. The largest absolute Gasteiger partial charge is 0.373 e. The molecule has 0 aromatic heterocycles. The molecule has 2 fully saturated rings. The van der Waals surface area contributed by atoms with Crippen molar-refractivity contribution < 1.29 is 14.0 Å². The predicted molar refractivity (Wildman–Crippen MR) is 77.2 cm³/mol. The number of rotatable bonds is 3. The molecular formula is C16H19FN2O2. The van der Waals surface area contributed by atoms with E-state index < -0.39 is 6.04 Å². The molecule has 3 rings (SSSR count). The predicted octanol–water partition coefficient (Wildman–Crippen LogP) is 2.70. The molecule has 21 heavy (non-hydrogen) atoms. The number of hydrogen-bond acceptors (Lipinski definition) is 3. The van der Waals surface area contributed by atoms with Crippen LogP contribution in [0.15, 0.2) is 24.3 Å². The minimum Gasteiger partial charge on any atom is -0.373 e. The van der Waals surface area contributed by atoms with Crippen LogP contribution in [0.25, 0.3) is 0 Å². The molecule has 4 nitrogen and oxygen atoms in total. The topological polar surface area (TPSA) is 49.4 Å². The van der Waals surface area contributed by atoms with Gasteiger partial charge in [-0.2, -0.15) is 0 Å². The highest BCUT2D eigenvalue weighted by molar-refractivity contribution is 6.07. The van der Waals surface area contributed by atoms with E-state index in [1.807, 2.05) is 0 Å². The Morgan fingerprint density at radius 1 is 1.14 bits per heavy atom. The minimum atomic E-state index is -0.568. The van der Waals surface area contributed by atoms with Gasteiger partial charge < -0.3 is 5.32 Å². The first-order valence-corrected chi connectivity index (χ1v) is 7.53. The average molecular weight is 290 g/mol. The second-order valence-electron chi connectivity index (χ2n) is 5.81. The molecule has 112 valence electrons. The van der Waals surface area contributed by atoms with E-state index in [2.05, 4.69) is 5.32 Å². The van der Waals surface area contributed by atoms with Crippen LogP contribution in [0, 0.1) is 5.82 Å². The van der Waals surface area contributed by atoms with Crippen LogP contribution in [0.1, 0.15) is 38.5 Å². The summed E-state index contributed by atoms with van der Waals surface area (Å²) in [6.07, 6.45) is 5.30. The Hall–Kier alpha value is -1.91. The summed E-state index contributed by atoms with van der Waals surface area (Å²) in [6.45, 7) is 0. The minimum absolute atomic E-state index is 0.0538. The van der Waals surface area contributed by atoms with Crippen molar-refractivity contribution in [3.63, 3.8) is 0 Å². The third-order valence-corrected chi connectivity index (χ3v) is 4.29. The summed E-state index contributed by atoms with van der Waals surface area (Å²) in [5.74, 6) is -0.641. The first kappa shape index (κ1) is 14.0. The third-order valence-electron chi connectivity index (χ3n) is 4.29. The van der Waals surface area contributed by atoms with E-state index in [0.717, 1.165) is 25.7 Å². The van der Waals surface area contributed by atoms with Gasteiger partial charge in [-0.05, 0) is 31.0 Å². The van der Waals surface area contributed by atoms with Gasteiger partial charge in [0.1, 0.15) is 11.9 Å². The SMILES string of the molecule is O=C1CC(Nc2cccc(F)c2)C(=O)N1C1CCCCC1. The van der Waals surface area contributed by atoms with Crippen LogP contribution in [0.2, 0.25) is 0 Å². The lowest BCUT2D eigenvalue weighted by Gasteiger charge is -2.29. The number of amides is 2. The summed E-state index contributed by atoms with van der Waals surface area (Å²) in [4.78, 5) is 26.0. The zero-order valence-electron chi connectivity index (χ0n) is 11.8. The number of halogens is 1. The first-order chi connectivity index (χ1) is 10.1. The fourth-order valence-corrected chi connectivity index (χ4v) is 3.27. The molecule has 1 aromatic rings. The molecule has 1 atom stereocenters. The van der Waals surface area contributed by atoms with Crippen LogP contribution in [0.4, 0.5) is 10.1 Å². The van der Waals surface area contributed by atoms with Crippen LogP contribution in [0.5, 0.6) is 0 Å². The van der Waals surface area contributed by atoms with Gasteiger partial charge >= 0.3 is 0 Å². The molecule has 0 radical (unpaired) electrons. The van der Waals surface area contributed by atoms with Gasteiger partial charge in [-0.3, -0.25) is 14.5 Å². The number of imide groups is 1. The van der Waals surface area contributed by atoms with Gasteiger partial charge in [0.2, 0.25) is 5.91 Å². The smallest absolute Gasteiger partial charge is 0.252 e. The lowest BCUT2D eigenvalue weighted by molar-refractivity contribution is -0.141. The van der Waals surface area contributed by atoms with E-state index >= 15 is 0 Å². The molecule has 5 heteroatoms. The Bertz CT molecular complexity index is 555. The Morgan fingerprint density at radius 2 is 1.90 bits per heavy atom. The Kier molecular flexibility index (Phi) is 3.90. The van der Waals surface area contributed by atoms with Crippen LogP contribution in [0.3, 0.4) is 0 Å².